The molecule has 0 aromatic rings. The molecular weight excluding hydrogens is 430 g/mol. The van der Waals surface area contributed by atoms with E-state index in [1.807, 2.05) is 0 Å². The molecule has 30 heavy (non-hydrogen) atoms. The first-order chi connectivity index (χ1) is 13.7. The molecule has 0 aromatic heterocycles. The molecule has 0 bridgehead atoms. The van der Waals surface area contributed by atoms with Gasteiger partial charge in [-0.2, -0.15) is 0 Å². The van der Waals surface area contributed by atoms with E-state index in [2.05, 4.69) is 0 Å². The summed E-state index contributed by atoms with van der Waals surface area (Å²) in [5, 5.41) is 0. The molecule has 14 heteroatoms. The Hall–Kier alpha value is -2.74. The van der Waals surface area contributed by atoms with Crippen LogP contribution < -0.4 is 5.73 Å². The van der Waals surface area contributed by atoms with Gasteiger partial charge in [-0.1, -0.05) is 0 Å². The predicted octanol–water partition coefficient (Wildman–Crippen LogP) is -2.03. The Balaban J connectivity index is 3.52. The van der Waals surface area contributed by atoms with Gasteiger partial charge < -0.3 is 29.4 Å². The molecule has 0 saturated carbocycles. The second kappa shape index (κ2) is 10.3. The lowest BCUT2D eigenvalue weighted by Gasteiger charge is -2.43. The average Bonchev–Trinajstić information content (AvgIpc) is 2.54. The zero-order chi connectivity index (χ0) is 23.2. The number of rotatable bonds is 8. The van der Waals surface area contributed by atoms with Gasteiger partial charge in [0.05, 0.1) is 0 Å². The highest BCUT2D eigenvalue weighted by Crippen LogP contribution is 2.32. The van der Waals surface area contributed by atoms with Crippen molar-refractivity contribution in [2.75, 3.05) is 12.4 Å². The van der Waals surface area contributed by atoms with Crippen LogP contribution in [0.3, 0.4) is 0 Å². The van der Waals surface area contributed by atoms with Gasteiger partial charge in [-0.15, -0.1) is 0 Å². The van der Waals surface area contributed by atoms with E-state index >= 15 is 0 Å². The summed E-state index contributed by atoms with van der Waals surface area (Å²) in [6.45, 7) is 3.43. The van der Waals surface area contributed by atoms with Gasteiger partial charge in [-0.25, -0.2) is 8.42 Å². The van der Waals surface area contributed by atoms with Crippen molar-refractivity contribution >= 4 is 39.6 Å². The van der Waals surface area contributed by atoms with Gasteiger partial charge in [0, 0.05) is 27.7 Å². The third kappa shape index (κ3) is 7.26. The Morgan fingerprint density at radius 2 is 1.27 bits per heavy atom. The number of nitrogens with two attached hydrogens (primary N) is 1. The number of carbonyl (C=O) groups is 5. The summed E-state index contributed by atoms with van der Waals surface area (Å²) in [7, 11) is -4.52. The van der Waals surface area contributed by atoms with Gasteiger partial charge in [-0.3, -0.25) is 24.0 Å². The molecule has 0 spiro atoms. The Bertz CT molecular complexity index is 807. The maximum absolute atomic E-state index is 12.7. The molecule has 1 fully saturated rings. The quantitative estimate of drug-likeness (QED) is 0.313. The van der Waals surface area contributed by atoms with Crippen molar-refractivity contribution in [3.8, 4) is 0 Å². The van der Waals surface area contributed by atoms with E-state index in [0.29, 0.717) is 0 Å². The molecule has 5 atom stereocenters. The SMILES string of the molecule is CC(=O)OC[C@H]1O[C@@H](S(=O)(=O)CC(N)=O)[C@@H](OC(C)=O)[C@@H](OC(C)=O)[C@@H]1OC(C)=O. The Morgan fingerprint density at radius 1 is 0.800 bits per heavy atom. The molecule has 0 radical (unpaired) electrons. The molecule has 1 heterocycles. The molecule has 1 aliphatic rings. The molecule has 1 rings (SSSR count). The third-order valence-electron chi connectivity index (χ3n) is 3.65. The van der Waals surface area contributed by atoms with Crippen molar-refractivity contribution in [3.05, 3.63) is 0 Å². The maximum atomic E-state index is 12.7. The largest absolute Gasteiger partial charge is 0.463 e. The molecule has 0 aliphatic carbocycles. The number of amides is 1. The third-order valence-corrected chi connectivity index (χ3v) is 5.42. The first kappa shape index (κ1) is 25.3. The standard InChI is InChI=1S/C16H23NO12S/c1-7(18)25-5-11-13(26-8(2)19)14(27-9(3)20)15(28-10(4)21)16(29-11)30(23,24)6-12(17)22/h11,13-16H,5-6H2,1-4H3,(H2,17,22)/t11-,13-,14+,15+,16+/m1/s1. The number of hydrogen-bond donors (Lipinski definition) is 1. The normalized spacial score (nSPS) is 26.2. The van der Waals surface area contributed by atoms with Gasteiger partial charge in [-0.05, 0) is 0 Å². The molecule has 0 aromatic carbocycles. The summed E-state index contributed by atoms with van der Waals surface area (Å²) in [4.78, 5) is 57.2. The average molecular weight is 453 g/mol. The van der Waals surface area contributed by atoms with Crippen LogP contribution in [0.25, 0.3) is 0 Å². The Morgan fingerprint density at radius 3 is 1.70 bits per heavy atom. The van der Waals surface area contributed by atoms with Crippen LogP contribution >= 0.6 is 0 Å². The van der Waals surface area contributed by atoms with E-state index in [0.717, 1.165) is 27.7 Å². The van der Waals surface area contributed by atoms with Crippen LogP contribution in [0.4, 0.5) is 0 Å². The van der Waals surface area contributed by atoms with E-state index in [1.54, 1.807) is 0 Å². The molecular formula is C16H23NO12S. The minimum absolute atomic E-state index is 0.597. The number of carbonyl (C=O) groups excluding carboxylic acids is 5. The topological polar surface area (TPSA) is 192 Å². The summed E-state index contributed by atoms with van der Waals surface area (Å²) in [5.74, 6) is -5.92. The highest BCUT2D eigenvalue weighted by molar-refractivity contribution is 7.92. The first-order valence-electron chi connectivity index (χ1n) is 8.55. The number of ether oxygens (including phenoxy) is 5. The van der Waals surface area contributed by atoms with Crippen molar-refractivity contribution in [2.24, 2.45) is 5.73 Å². The van der Waals surface area contributed by atoms with E-state index in [9.17, 15) is 32.4 Å². The van der Waals surface area contributed by atoms with Crippen LogP contribution in [0, 0.1) is 0 Å². The lowest BCUT2D eigenvalue weighted by Crippen LogP contribution is -2.64. The monoisotopic (exact) mass is 453 g/mol. The van der Waals surface area contributed by atoms with E-state index in [1.165, 1.54) is 0 Å². The molecule has 13 nitrogen and oxygen atoms in total. The van der Waals surface area contributed by atoms with E-state index in [-0.39, 0.29) is 0 Å². The fraction of sp³-hybridized carbons (Fsp3) is 0.688. The second-order valence-electron chi connectivity index (χ2n) is 6.34. The summed E-state index contributed by atoms with van der Waals surface area (Å²) in [6.07, 6.45) is -6.41. The number of primary amides is 1. The first-order valence-corrected chi connectivity index (χ1v) is 10.3. The molecule has 0 unspecified atom stereocenters. The lowest BCUT2D eigenvalue weighted by atomic mass is 9.99. The summed E-state index contributed by atoms with van der Waals surface area (Å²) >= 11 is 0. The smallest absolute Gasteiger partial charge is 0.303 e. The van der Waals surface area contributed by atoms with Gasteiger partial charge in [0.15, 0.2) is 33.6 Å². The van der Waals surface area contributed by atoms with Gasteiger partial charge in [0.2, 0.25) is 5.91 Å². The zero-order valence-corrected chi connectivity index (χ0v) is 17.5. The van der Waals surface area contributed by atoms with E-state index in [4.69, 9.17) is 29.4 Å². The number of hydrogen-bond acceptors (Lipinski definition) is 12. The van der Waals surface area contributed by atoms with Crippen molar-refractivity contribution in [2.45, 2.75) is 57.5 Å². The van der Waals surface area contributed by atoms with Crippen LogP contribution in [0.15, 0.2) is 0 Å². The predicted molar refractivity (Wildman–Crippen MR) is 94.9 cm³/mol. The summed E-state index contributed by atoms with van der Waals surface area (Å²) in [6, 6.07) is 0. The van der Waals surface area contributed by atoms with Crippen molar-refractivity contribution < 1.29 is 56.1 Å². The van der Waals surface area contributed by atoms with Crippen molar-refractivity contribution in [1.29, 1.82) is 0 Å². The summed E-state index contributed by atoms with van der Waals surface area (Å²) < 4.78 is 50.7. The lowest BCUT2D eigenvalue weighted by molar-refractivity contribution is -0.238. The van der Waals surface area contributed by atoms with Crippen molar-refractivity contribution in [1.82, 2.24) is 0 Å². The van der Waals surface area contributed by atoms with Crippen LogP contribution in [0.2, 0.25) is 0 Å². The molecule has 1 amide bonds. The minimum atomic E-state index is -4.52. The van der Waals surface area contributed by atoms with Crippen LogP contribution in [0.5, 0.6) is 0 Å². The Kier molecular flexibility index (Phi) is 8.72. The number of sulfone groups is 1. The second-order valence-corrected chi connectivity index (χ2v) is 8.42. The molecule has 2 N–H and O–H groups in total. The zero-order valence-electron chi connectivity index (χ0n) is 16.7. The number of esters is 4. The Labute approximate surface area is 172 Å². The summed E-state index contributed by atoms with van der Waals surface area (Å²) in [5.41, 5.74) is 2.93. The maximum Gasteiger partial charge on any atom is 0.303 e. The minimum Gasteiger partial charge on any atom is -0.463 e. The molecule has 170 valence electrons. The fourth-order valence-electron chi connectivity index (χ4n) is 2.76. The van der Waals surface area contributed by atoms with Gasteiger partial charge in [0.1, 0.15) is 18.5 Å². The molecule has 1 aliphatic heterocycles. The fourth-order valence-corrected chi connectivity index (χ4v) is 4.25. The van der Waals surface area contributed by atoms with Gasteiger partial charge >= 0.3 is 23.9 Å². The van der Waals surface area contributed by atoms with Crippen LogP contribution in [-0.4, -0.2) is 80.4 Å². The highest BCUT2D eigenvalue weighted by Gasteiger charge is 2.56. The van der Waals surface area contributed by atoms with Gasteiger partial charge in [0.25, 0.3) is 0 Å². The molecule has 1 saturated heterocycles. The van der Waals surface area contributed by atoms with Crippen molar-refractivity contribution in [3.63, 3.8) is 0 Å². The van der Waals surface area contributed by atoms with Crippen LogP contribution in [0.1, 0.15) is 27.7 Å². The van der Waals surface area contributed by atoms with Crippen LogP contribution in [-0.2, 0) is 57.5 Å². The van der Waals surface area contributed by atoms with E-state index < -0.39 is 81.8 Å². The highest BCUT2D eigenvalue weighted by atomic mass is 32.2.